The van der Waals surface area contributed by atoms with Crippen LogP contribution in [0.4, 0.5) is 0 Å². The van der Waals surface area contributed by atoms with Crippen LogP contribution in [0.3, 0.4) is 0 Å². The summed E-state index contributed by atoms with van der Waals surface area (Å²) in [7, 11) is -1.95. The second-order valence-corrected chi connectivity index (χ2v) is 36.6. The zero-order valence-corrected chi connectivity index (χ0v) is 60.7. The monoisotopic (exact) mass is 1390 g/mol. The van der Waals surface area contributed by atoms with Crippen molar-refractivity contribution in [2.45, 2.75) is 169 Å². The van der Waals surface area contributed by atoms with Crippen molar-refractivity contribution < 1.29 is 45.5 Å². The summed E-state index contributed by atoms with van der Waals surface area (Å²) >= 11 is 0. The molecule has 4 N–H and O–H groups in total. The zero-order valence-electron chi connectivity index (χ0n) is 55.1. The zero-order chi connectivity index (χ0) is 62.2. The minimum Gasteiger partial charge on any atom is -0.582 e. The Morgan fingerprint density at radius 3 is 1.06 bits per heavy atom. The first kappa shape index (κ1) is 68.8. The Morgan fingerprint density at radius 1 is 0.416 bits per heavy atom. The van der Waals surface area contributed by atoms with Gasteiger partial charge in [0.25, 0.3) is 11.5 Å². The molecule has 10 aromatic rings. The summed E-state index contributed by atoms with van der Waals surface area (Å²) in [6.45, 7) is 28.0. The van der Waals surface area contributed by atoms with Crippen LogP contribution < -0.4 is 0 Å². The third kappa shape index (κ3) is 17.9. The van der Waals surface area contributed by atoms with Gasteiger partial charge < -0.3 is 41.9 Å². The number of fused-ring (bicyclic) bond motifs is 6. The minimum absolute atomic E-state index is 0. The van der Waals surface area contributed by atoms with E-state index in [2.05, 4.69) is 222 Å². The molecular formula is C80H102HfN2O4Si2. The molecule has 0 aliphatic heterocycles. The number of aromatic hydroxyl groups is 4. The van der Waals surface area contributed by atoms with Crippen molar-refractivity contribution in [2.75, 3.05) is 13.2 Å². The molecule has 89 heavy (non-hydrogen) atoms. The van der Waals surface area contributed by atoms with Crippen LogP contribution in [0, 0.1) is 38.8 Å². The maximum Gasteiger partial charge on any atom is 0.262 e. The molecule has 1 saturated carbocycles. The van der Waals surface area contributed by atoms with Gasteiger partial charge in [0.15, 0.2) is 13.2 Å². The summed E-state index contributed by atoms with van der Waals surface area (Å²) in [5.41, 5.74) is 11.3. The first-order valence-electron chi connectivity index (χ1n) is 33.4. The molecule has 9 heteroatoms. The van der Waals surface area contributed by atoms with E-state index in [9.17, 15) is 10.2 Å². The van der Waals surface area contributed by atoms with E-state index in [1.165, 1.54) is 102 Å². The summed E-state index contributed by atoms with van der Waals surface area (Å²) < 4.78 is 15.1. The maximum absolute atomic E-state index is 12.2. The van der Waals surface area contributed by atoms with E-state index < -0.39 is 16.1 Å². The second kappa shape index (κ2) is 32.7. The average molecular weight is 1390 g/mol. The summed E-state index contributed by atoms with van der Waals surface area (Å²) in [5, 5.41) is 29.1. The molecule has 0 unspecified atom stereocenters. The van der Waals surface area contributed by atoms with E-state index in [4.69, 9.17) is 9.47 Å². The Morgan fingerprint density at radius 2 is 0.719 bits per heavy atom. The van der Waals surface area contributed by atoms with Crippen LogP contribution in [-0.2, 0) is 25.8 Å². The standard InChI is InChI=1S/C58H50N2O4.2C11H25Si.Hf/c1-37-31-47(57(61)53(33-37)59-49-25-11-5-19-41(49)42-20-6-12-26-50(42)59)45-23-9-15-29-55(45)63-35-39-17-3-4-18-40(39)36-64-56-30-16-10-24-46(56)48-32-38(2)34-54(58(48)62)60-51-27-13-7-21-43(51)44-22-8-14-28-52(44)60;2*1-5-6-7-8-9-10-11-12(2,3)4;/h5-16,19-34,39-40,61-62H,3-4,17-18,35-36H2,1-2H3;2*2,5-11H2,1,3-4H3;/q;2*-1;/p+2/t39-,40-;;;/m0.../s1. The van der Waals surface area contributed by atoms with Crippen molar-refractivity contribution in [1.82, 2.24) is 9.13 Å². The van der Waals surface area contributed by atoms with Crippen LogP contribution in [0.1, 0.15) is 128 Å². The van der Waals surface area contributed by atoms with Gasteiger partial charge in [0.1, 0.15) is 11.5 Å². The Balaban J connectivity index is 0.000000346. The fourth-order valence-electron chi connectivity index (χ4n) is 13.3. The molecule has 0 saturated heterocycles. The third-order valence-electron chi connectivity index (χ3n) is 18.0. The van der Waals surface area contributed by atoms with Crippen molar-refractivity contribution in [3.63, 3.8) is 0 Å². The molecule has 6 nitrogen and oxygen atoms in total. The van der Waals surface area contributed by atoms with Gasteiger partial charge in [-0.25, -0.2) is 0 Å². The number of para-hydroxylation sites is 6. The van der Waals surface area contributed by atoms with Crippen LogP contribution in [-0.4, -0.2) is 58.2 Å². The first-order valence-corrected chi connectivity index (χ1v) is 40.3. The van der Waals surface area contributed by atoms with E-state index in [0.29, 0.717) is 25.0 Å². The van der Waals surface area contributed by atoms with E-state index in [1.54, 1.807) is 0 Å². The molecule has 2 aromatic heterocycles. The van der Waals surface area contributed by atoms with Gasteiger partial charge in [0.05, 0.1) is 44.6 Å². The average Bonchev–Trinajstić information content (AvgIpc) is 1.71. The molecule has 1 aliphatic carbocycles. The SMILES string of the molecule is Cc1cc(-c2ccccc2[OH+]C[C@@H]2CCCC[C@H]2C[OH+]c2ccccc2-c2cc(C)cc(-n3c4ccccc4c4ccccc43)c2O)c(O)c(-n2c3ccccc3c3ccccc32)c1.[CH2-][Si](C)(C)CCCCCCCC.[CH2-][Si](C)(C)CCCCCCCC.[Hf]. The van der Waals surface area contributed by atoms with Crippen LogP contribution in [0.5, 0.6) is 23.0 Å². The Kier molecular flexibility index (Phi) is 25.3. The molecule has 0 amide bonds. The van der Waals surface area contributed by atoms with Gasteiger partial charge in [-0.15, -0.1) is 16.1 Å². The van der Waals surface area contributed by atoms with Crippen molar-refractivity contribution >= 4 is 59.8 Å². The van der Waals surface area contributed by atoms with Gasteiger partial charge in [-0.2, -0.15) is 0 Å². The smallest absolute Gasteiger partial charge is 0.262 e. The van der Waals surface area contributed by atoms with Gasteiger partial charge in [0, 0.05) is 82.5 Å². The predicted molar refractivity (Wildman–Crippen MR) is 386 cm³/mol. The molecule has 2 heterocycles. The molecule has 0 bridgehead atoms. The number of rotatable bonds is 24. The van der Waals surface area contributed by atoms with Crippen LogP contribution in [0.25, 0.3) is 77.2 Å². The van der Waals surface area contributed by atoms with Gasteiger partial charge in [-0.3, -0.25) is 0 Å². The van der Waals surface area contributed by atoms with E-state index >= 15 is 0 Å². The summed E-state index contributed by atoms with van der Waals surface area (Å²) in [6.07, 6.45) is 21.6. The van der Waals surface area contributed by atoms with Gasteiger partial charge in [0.2, 0.25) is 0 Å². The maximum atomic E-state index is 12.2. The number of unbranched alkanes of at least 4 members (excludes halogenated alkanes) is 10. The molecule has 2 atom stereocenters. The van der Waals surface area contributed by atoms with Gasteiger partial charge in [-0.1, -0.05) is 239 Å². The summed E-state index contributed by atoms with van der Waals surface area (Å²) in [4.78, 5) is 0. The number of benzene rings is 8. The second-order valence-electron chi connectivity index (χ2n) is 27.0. The molecular weight excluding hydrogens is 1290 g/mol. The van der Waals surface area contributed by atoms with Gasteiger partial charge >= 0.3 is 0 Å². The minimum atomic E-state index is -0.976. The number of hydrogen-bond donors (Lipinski definition) is 2. The fourth-order valence-corrected chi connectivity index (χ4v) is 15.7. The Labute approximate surface area is 554 Å². The van der Waals surface area contributed by atoms with E-state index in [0.717, 1.165) is 113 Å². The number of hydrogen-bond acceptors (Lipinski definition) is 2. The number of nitrogens with zero attached hydrogens (tertiary/aromatic N) is 2. The summed E-state index contributed by atoms with van der Waals surface area (Å²) in [6, 6.07) is 61.3. The van der Waals surface area contributed by atoms with Crippen molar-refractivity contribution in [1.29, 1.82) is 0 Å². The van der Waals surface area contributed by atoms with Gasteiger partial charge in [-0.05, 0) is 98.5 Å². The molecule has 0 spiro atoms. The number of aliphatic hydroxyl groups is 2. The number of aryl methyl sites for hydroxylation is 2. The largest absolute Gasteiger partial charge is 0.582 e. The molecule has 468 valence electrons. The molecule has 0 radical (unpaired) electrons. The van der Waals surface area contributed by atoms with Crippen molar-refractivity contribution in [3.05, 3.63) is 194 Å². The Hall–Kier alpha value is -6.14. The van der Waals surface area contributed by atoms with E-state index in [1.807, 2.05) is 24.3 Å². The Bertz CT molecular complexity index is 3510. The number of phenolic OH excluding ortho intramolecular Hbond substituents is 2. The summed E-state index contributed by atoms with van der Waals surface area (Å²) in [5.74, 6) is 3.00. The normalized spacial score (nSPS) is 14.3. The fraction of sp³-hybridized carbons (Fsp3) is 0.375. The molecule has 8 aromatic carbocycles. The topological polar surface area (TPSA) is 75.9 Å². The van der Waals surface area contributed by atoms with Crippen LogP contribution >= 0.6 is 0 Å². The predicted octanol–water partition coefficient (Wildman–Crippen LogP) is 23.1. The van der Waals surface area contributed by atoms with E-state index in [-0.39, 0.29) is 37.3 Å². The van der Waals surface area contributed by atoms with Crippen molar-refractivity contribution in [3.8, 4) is 56.6 Å². The molecule has 1 fully saturated rings. The molecule has 11 rings (SSSR count). The van der Waals surface area contributed by atoms with Crippen molar-refractivity contribution in [2.24, 2.45) is 11.8 Å². The number of aromatic nitrogens is 2. The first-order chi connectivity index (χ1) is 42.5. The number of ether oxygens (including phenoxy) is 2. The number of phenols is 2. The van der Waals surface area contributed by atoms with Crippen LogP contribution in [0.15, 0.2) is 170 Å². The molecule has 1 aliphatic rings. The quantitative estimate of drug-likeness (QED) is 0.0274. The van der Waals surface area contributed by atoms with Crippen LogP contribution in [0.2, 0.25) is 38.3 Å². The third-order valence-corrected chi connectivity index (χ3v) is 21.4.